The van der Waals surface area contributed by atoms with Crippen LogP contribution in [0, 0.1) is 5.92 Å². The molecule has 3 heteroatoms. The summed E-state index contributed by atoms with van der Waals surface area (Å²) in [7, 11) is 0. The zero-order chi connectivity index (χ0) is 11.4. The number of nitrogens with zero attached hydrogens (tertiary/aromatic N) is 1. The number of hydrogen-bond donors (Lipinski definition) is 2. The van der Waals surface area contributed by atoms with Crippen LogP contribution in [0.2, 0.25) is 0 Å². The van der Waals surface area contributed by atoms with E-state index in [2.05, 4.69) is 37.9 Å². The molecule has 0 aliphatic carbocycles. The van der Waals surface area contributed by atoms with Crippen molar-refractivity contribution in [3.8, 4) is 0 Å². The van der Waals surface area contributed by atoms with Crippen LogP contribution >= 0.6 is 0 Å². The maximum atomic E-state index is 5.65. The molecule has 0 saturated heterocycles. The lowest BCUT2D eigenvalue weighted by Gasteiger charge is -2.08. The van der Waals surface area contributed by atoms with Gasteiger partial charge in [0.15, 0.2) is 0 Å². The molecule has 1 aromatic heterocycles. The molecule has 1 heterocycles. The molecule has 0 unspecified atom stereocenters. The molecule has 0 aromatic carbocycles. The van der Waals surface area contributed by atoms with Crippen molar-refractivity contribution in [1.29, 1.82) is 0 Å². The number of rotatable bonds is 5. The van der Waals surface area contributed by atoms with Crippen molar-refractivity contribution >= 4 is 0 Å². The monoisotopic (exact) mass is 209 g/mol. The summed E-state index contributed by atoms with van der Waals surface area (Å²) in [5.41, 5.74) is 9.46. The van der Waals surface area contributed by atoms with Crippen molar-refractivity contribution in [1.82, 2.24) is 10.2 Å². The Balaban J connectivity index is 2.95. The van der Waals surface area contributed by atoms with E-state index in [9.17, 15) is 0 Å². The van der Waals surface area contributed by atoms with E-state index in [4.69, 9.17) is 5.73 Å². The maximum Gasteiger partial charge on any atom is 0.0682 e. The predicted molar refractivity (Wildman–Crippen MR) is 64.0 cm³/mol. The molecule has 0 bridgehead atoms. The van der Waals surface area contributed by atoms with Gasteiger partial charge >= 0.3 is 0 Å². The van der Waals surface area contributed by atoms with Gasteiger partial charge in [0, 0.05) is 5.69 Å². The van der Waals surface area contributed by atoms with Gasteiger partial charge in [0.25, 0.3) is 0 Å². The predicted octanol–water partition coefficient (Wildman–Crippen LogP) is 2.23. The van der Waals surface area contributed by atoms with E-state index in [1.807, 2.05) is 0 Å². The zero-order valence-electron chi connectivity index (χ0n) is 10.3. The second-order valence-electron chi connectivity index (χ2n) is 4.86. The Hall–Kier alpha value is -0.830. The molecule has 1 rings (SSSR count). The van der Waals surface area contributed by atoms with Gasteiger partial charge in [-0.25, -0.2) is 0 Å². The molecule has 15 heavy (non-hydrogen) atoms. The summed E-state index contributed by atoms with van der Waals surface area (Å²) in [6.07, 6.45) is 2.00. The second kappa shape index (κ2) is 5.31. The lowest BCUT2D eigenvalue weighted by atomic mass is 9.97. The fraction of sp³-hybridized carbons (Fsp3) is 0.750. The van der Waals surface area contributed by atoms with Gasteiger partial charge in [-0.05, 0) is 36.8 Å². The Bertz CT molecular complexity index is 300. The van der Waals surface area contributed by atoms with E-state index in [-0.39, 0.29) is 0 Å². The maximum absolute atomic E-state index is 5.65. The number of aromatic nitrogens is 2. The second-order valence-corrected chi connectivity index (χ2v) is 4.86. The first-order chi connectivity index (χ1) is 7.06. The third kappa shape index (κ3) is 3.06. The van der Waals surface area contributed by atoms with Crippen LogP contribution in [0.3, 0.4) is 0 Å². The SMILES string of the molecule is CC(C)Cc1[nH]nc(C(C)C)c1CCN. The van der Waals surface area contributed by atoms with Gasteiger partial charge < -0.3 is 5.73 Å². The van der Waals surface area contributed by atoms with Crippen LogP contribution in [-0.2, 0) is 12.8 Å². The molecule has 0 aliphatic heterocycles. The number of nitrogens with two attached hydrogens (primary N) is 1. The number of nitrogens with one attached hydrogen (secondary N) is 1. The van der Waals surface area contributed by atoms with Gasteiger partial charge in [0.05, 0.1) is 5.69 Å². The Morgan fingerprint density at radius 1 is 1.27 bits per heavy atom. The largest absolute Gasteiger partial charge is 0.330 e. The quantitative estimate of drug-likeness (QED) is 0.781. The minimum Gasteiger partial charge on any atom is -0.330 e. The molecule has 0 aliphatic rings. The summed E-state index contributed by atoms with van der Waals surface area (Å²) < 4.78 is 0. The highest BCUT2D eigenvalue weighted by Gasteiger charge is 2.15. The first-order valence-corrected chi connectivity index (χ1v) is 5.82. The molecule has 0 spiro atoms. The van der Waals surface area contributed by atoms with Crippen LogP contribution in [0.5, 0.6) is 0 Å². The molecule has 3 N–H and O–H groups in total. The summed E-state index contributed by atoms with van der Waals surface area (Å²) in [6, 6.07) is 0. The minimum absolute atomic E-state index is 0.476. The topological polar surface area (TPSA) is 54.7 Å². The minimum atomic E-state index is 0.476. The van der Waals surface area contributed by atoms with Crippen molar-refractivity contribution in [3.05, 3.63) is 17.0 Å². The Morgan fingerprint density at radius 2 is 1.93 bits per heavy atom. The van der Waals surface area contributed by atoms with E-state index in [0.717, 1.165) is 12.8 Å². The lowest BCUT2D eigenvalue weighted by molar-refractivity contribution is 0.629. The third-order valence-electron chi connectivity index (χ3n) is 2.54. The normalized spacial score (nSPS) is 11.7. The van der Waals surface area contributed by atoms with Crippen molar-refractivity contribution in [2.45, 2.75) is 46.5 Å². The van der Waals surface area contributed by atoms with Crippen molar-refractivity contribution in [2.24, 2.45) is 11.7 Å². The van der Waals surface area contributed by atoms with Gasteiger partial charge in [-0.15, -0.1) is 0 Å². The van der Waals surface area contributed by atoms with Gasteiger partial charge in [-0.1, -0.05) is 27.7 Å². The van der Waals surface area contributed by atoms with Crippen LogP contribution in [-0.4, -0.2) is 16.7 Å². The molecular weight excluding hydrogens is 186 g/mol. The molecule has 0 amide bonds. The zero-order valence-corrected chi connectivity index (χ0v) is 10.3. The van der Waals surface area contributed by atoms with Crippen LogP contribution in [0.1, 0.15) is 50.6 Å². The van der Waals surface area contributed by atoms with Crippen molar-refractivity contribution in [3.63, 3.8) is 0 Å². The van der Waals surface area contributed by atoms with Crippen molar-refractivity contribution in [2.75, 3.05) is 6.54 Å². The van der Waals surface area contributed by atoms with Gasteiger partial charge in [-0.2, -0.15) is 5.10 Å². The van der Waals surface area contributed by atoms with E-state index >= 15 is 0 Å². The molecule has 1 aromatic rings. The highest BCUT2D eigenvalue weighted by molar-refractivity contribution is 5.28. The summed E-state index contributed by atoms with van der Waals surface area (Å²) in [4.78, 5) is 0. The fourth-order valence-corrected chi connectivity index (χ4v) is 1.90. The summed E-state index contributed by atoms with van der Waals surface area (Å²) in [6.45, 7) is 9.50. The Morgan fingerprint density at radius 3 is 2.40 bits per heavy atom. The van der Waals surface area contributed by atoms with Crippen molar-refractivity contribution < 1.29 is 0 Å². The summed E-state index contributed by atoms with van der Waals surface area (Å²) in [5.74, 6) is 1.13. The van der Waals surface area contributed by atoms with Crippen LogP contribution in [0.25, 0.3) is 0 Å². The summed E-state index contributed by atoms with van der Waals surface area (Å²) in [5, 5.41) is 7.57. The first kappa shape index (κ1) is 12.2. The fourth-order valence-electron chi connectivity index (χ4n) is 1.90. The van der Waals surface area contributed by atoms with Gasteiger partial charge in [0.1, 0.15) is 0 Å². The Labute approximate surface area is 92.5 Å². The van der Waals surface area contributed by atoms with E-state index in [0.29, 0.717) is 18.4 Å². The van der Waals surface area contributed by atoms with Crippen LogP contribution in [0.4, 0.5) is 0 Å². The van der Waals surface area contributed by atoms with Gasteiger partial charge in [-0.3, -0.25) is 5.10 Å². The first-order valence-electron chi connectivity index (χ1n) is 5.82. The average molecular weight is 209 g/mol. The highest BCUT2D eigenvalue weighted by Crippen LogP contribution is 2.22. The summed E-state index contributed by atoms with van der Waals surface area (Å²) >= 11 is 0. The molecule has 0 fully saturated rings. The molecule has 3 nitrogen and oxygen atoms in total. The average Bonchev–Trinajstić information content (AvgIpc) is 2.48. The third-order valence-corrected chi connectivity index (χ3v) is 2.54. The number of hydrogen-bond acceptors (Lipinski definition) is 2. The molecule has 86 valence electrons. The smallest absolute Gasteiger partial charge is 0.0682 e. The van der Waals surface area contributed by atoms with Crippen LogP contribution < -0.4 is 5.73 Å². The lowest BCUT2D eigenvalue weighted by Crippen LogP contribution is -2.08. The standard InChI is InChI=1S/C12H23N3/c1-8(2)7-11-10(5-6-13)12(9(3)4)15-14-11/h8-9H,5-7,13H2,1-4H3,(H,14,15). The van der Waals surface area contributed by atoms with E-state index in [1.54, 1.807) is 0 Å². The number of H-pyrrole nitrogens is 1. The van der Waals surface area contributed by atoms with E-state index < -0.39 is 0 Å². The number of aromatic amines is 1. The van der Waals surface area contributed by atoms with Crippen LogP contribution in [0.15, 0.2) is 0 Å². The molecule has 0 radical (unpaired) electrons. The molecule has 0 saturated carbocycles. The highest BCUT2D eigenvalue weighted by atomic mass is 15.1. The van der Waals surface area contributed by atoms with Gasteiger partial charge in [0.2, 0.25) is 0 Å². The van der Waals surface area contributed by atoms with E-state index in [1.165, 1.54) is 17.0 Å². The molecular formula is C12H23N3. The Kier molecular flexibility index (Phi) is 4.33. The molecule has 0 atom stereocenters.